The average molecular weight is 708 g/mol. The maximum absolute atomic E-state index is 13.2. The van der Waals surface area contributed by atoms with Crippen LogP contribution >= 0.6 is 22.7 Å². The summed E-state index contributed by atoms with van der Waals surface area (Å²) in [6.07, 6.45) is 19.5. The minimum absolute atomic E-state index is 0.235. The summed E-state index contributed by atoms with van der Waals surface area (Å²) in [6, 6.07) is 4.98. The van der Waals surface area contributed by atoms with Crippen molar-refractivity contribution < 1.29 is 14.4 Å². The number of hydrogen-bond donors (Lipinski definition) is 2. The first-order valence-electron chi connectivity index (χ1n) is 19.5. The summed E-state index contributed by atoms with van der Waals surface area (Å²) in [5.74, 6) is 3.13. The van der Waals surface area contributed by atoms with E-state index < -0.39 is 0 Å². The number of piperidine rings is 4. The third-order valence-corrected chi connectivity index (χ3v) is 14.9. The summed E-state index contributed by atoms with van der Waals surface area (Å²) in [5.41, 5.74) is 7.19. The minimum Gasteiger partial charge on any atom is -0.351 e. The Bertz CT molecular complexity index is 1420. The highest BCUT2D eigenvalue weighted by atomic mass is 32.1. The molecular weight excluding hydrogens is 651 g/mol. The Balaban J connectivity index is 0.000000155. The van der Waals surface area contributed by atoms with Crippen molar-refractivity contribution >= 4 is 40.5 Å². The molecular formula is C39H57N5O3S2. The van der Waals surface area contributed by atoms with E-state index in [1.807, 2.05) is 5.38 Å². The lowest BCUT2D eigenvalue weighted by Gasteiger charge is -2.44. The van der Waals surface area contributed by atoms with Gasteiger partial charge in [-0.05, 0) is 126 Å². The second kappa shape index (κ2) is 16.3. The van der Waals surface area contributed by atoms with Crippen molar-refractivity contribution in [3.05, 3.63) is 43.8 Å². The fourth-order valence-electron chi connectivity index (χ4n) is 9.93. The second-order valence-electron chi connectivity index (χ2n) is 15.6. The molecule has 268 valence electrons. The van der Waals surface area contributed by atoms with Crippen LogP contribution < -0.4 is 11.1 Å². The highest BCUT2D eigenvalue weighted by Crippen LogP contribution is 2.39. The topological polar surface area (TPSA) is 99.0 Å². The van der Waals surface area contributed by atoms with E-state index in [2.05, 4.69) is 32.6 Å². The number of carbonyl (C=O) groups is 3. The molecule has 0 spiro atoms. The van der Waals surface area contributed by atoms with Crippen molar-refractivity contribution in [2.24, 2.45) is 17.6 Å². The number of amides is 4. The maximum Gasteiger partial charge on any atom is 0.314 e. The molecule has 0 bridgehead atoms. The van der Waals surface area contributed by atoms with E-state index in [0.717, 1.165) is 81.5 Å². The van der Waals surface area contributed by atoms with E-state index >= 15 is 0 Å². The lowest BCUT2D eigenvalue weighted by atomic mass is 9.78. The number of fused-ring (bicyclic) bond motifs is 2. The third-order valence-electron chi connectivity index (χ3n) is 12.7. The molecule has 8 rings (SSSR count). The quantitative estimate of drug-likeness (QED) is 0.339. The summed E-state index contributed by atoms with van der Waals surface area (Å²) in [6.45, 7) is 5.55. The zero-order valence-electron chi connectivity index (χ0n) is 29.3. The monoisotopic (exact) mass is 707 g/mol. The fourth-order valence-corrected chi connectivity index (χ4v) is 12.0. The van der Waals surface area contributed by atoms with Crippen LogP contribution in [0.5, 0.6) is 0 Å². The van der Waals surface area contributed by atoms with Gasteiger partial charge in [-0.1, -0.05) is 25.7 Å². The fraction of sp³-hybridized carbons (Fsp3) is 0.718. The standard InChI is InChI=1S/C20H29N3O2S.C19H28N2OS/c21-20(25)22-10-7-15(8-11-22)18-12-16(13-26-18)19(24)23-9-3-5-14-4-1-2-6-17(14)23;22-19(21-11-3-5-14-4-1-2-6-17(14)21)16-12-18(23-13-16)15-7-9-20-10-8-15/h12-15,17H,1-11H2,(H2,21,25);12-15,17,20H,1-11H2. The van der Waals surface area contributed by atoms with Crippen molar-refractivity contribution in [3.8, 4) is 0 Å². The smallest absolute Gasteiger partial charge is 0.314 e. The van der Waals surface area contributed by atoms with Crippen LogP contribution in [0.25, 0.3) is 0 Å². The Morgan fingerprint density at radius 1 is 0.592 bits per heavy atom. The molecule has 2 saturated carbocycles. The molecule has 6 fully saturated rings. The maximum atomic E-state index is 13.2. The molecule has 2 aromatic heterocycles. The molecule has 4 amide bonds. The van der Waals surface area contributed by atoms with Crippen molar-refractivity contribution in [1.29, 1.82) is 0 Å². The lowest BCUT2D eigenvalue weighted by Crippen LogP contribution is -2.49. The van der Waals surface area contributed by atoms with Crippen molar-refractivity contribution in [1.82, 2.24) is 20.0 Å². The predicted octanol–water partition coefficient (Wildman–Crippen LogP) is 7.81. The molecule has 8 nitrogen and oxygen atoms in total. The number of primary amides is 1. The van der Waals surface area contributed by atoms with Crippen LogP contribution in [-0.4, -0.2) is 83.9 Å². The van der Waals surface area contributed by atoms with Gasteiger partial charge < -0.3 is 25.8 Å². The first-order chi connectivity index (χ1) is 24.0. The van der Waals surface area contributed by atoms with Gasteiger partial charge in [0.1, 0.15) is 0 Å². The van der Waals surface area contributed by atoms with Crippen LogP contribution in [-0.2, 0) is 0 Å². The van der Waals surface area contributed by atoms with Gasteiger partial charge in [-0.25, -0.2) is 4.79 Å². The van der Waals surface area contributed by atoms with Gasteiger partial charge in [-0.3, -0.25) is 9.59 Å². The molecule has 6 heterocycles. The summed E-state index contributed by atoms with van der Waals surface area (Å²) in [4.78, 5) is 46.3. The molecule has 49 heavy (non-hydrogen) atoms. The van der Waals surface area contributed by atoms with Gasteiger partial charge in [0.05, 0.1) is 11.1 Å². The van der Waals surface area contributed by atoms with E-state index in [1.165, 1.54) is 93.2 Å². The first-order valence-corrected chi connectivity index (χ1v) is 21.3. The zero-order valence-corrected chi connectivity index (χ0v) is 30.9. The summed E-state index contributed by atoms with van der Waals surface area (Å²) >= 11 is 3.51. The Hall–Kier alpha value is -2.43. The number of thiophene rings is 2. The van der Waals surface area contributed by atoms with Crippen molar-refractivity contribution in [2.45, 2.75) is 127 Å². The van der Waals surface area contributed by atoms with E-state index in [9.17, 15) is 14.4 Å². The van der Waals surface area contributed by atoms with Crippen LogP contribution in [0.15, 0.2) is 22.9 Å². The number of nitrogens with one attached hydrogen (secondary N) is 1. The molecule has 4 unspecified atom stereocenters. The first kappa shape index (κ1) is 35.0. The molecule has 4 aliphatic heterocycles. The number of likely N-dealkylation sites (tertiary alicyclic amines) is 3. The molecule has 2 aromatic rings. The number of urea groups is 1. The van der Waals surface area contributed by atoms with Crippen LogP contribution in [0.3, 0.4) is 0 Å². The van der Waals surface area contributed by atoms with Crippen LogP contribution in [0, 0.1) is 11.8 Å². The van der Waals surface area contributed by atoms with E-state index in [4.69, 9.17) is 5.73 Å². The third kappa shape index (κ3) is 8.06. The summed E-state index contributed by atoms with van der Waals surface area (Å²) in [5, 5.41) is 7.59. The largest absolute Gasteiger partial charge is 0.351 e. The number of rotatable bonds is 4. The Labute approximate surface area is 301 Å². The Kier molecular flexibility index (Phi) is 11.6. The normalized spacial score (nSPS) is 28.2. The number of carbonyl (C=O) groups excluding carboxylic acids is 3. The molecule has 10 heteroatoms. The van der Waals surface area contributed by atoms with Gasteiger partial charge in [-0.15, -0.1) is 22.7 Å². The molecule has 2 aliphatic carbocycles. The van der Waals surface area contributed by atoms with Gasteiger partial charge in [0.15, 0.2) is 0 Å². The van der Waals surface area contributed by atoms with Crippen molar-refractivity contribution in [2.75, 3.05) is 39.3 Å². The summed E-state index contributed by atoms with van der Waals surface area (Å²) in [7, 11) is 0. The van der Waals surface area contributed by atoms with Gasteiger partial charge in [-0.2, -0.15) is 0 Å². The Morgan fingerprint density at radius 3 is 1.53 bits per heavy atom. The van der Waals surface area contributed by atoms with Gasteiger partial charge in [0.25, 0.3) is 11.8 Å². The number of nitrogens with two attached hydrogens (primary N) is 1. The Morgan fingerprint density at radius 2 is 1.04 bits per heavy atom. The summed E-state index contributed by atoms with van der Waals surface area (Å²) < 4.78 is 0. The van der Waals surface area contributed by atoms with Crippen LogP contribution in [0.4, 0.5) is 4.79 Å². The van der Waals surface area contributed by atoms with Crippen LogP contribution in [0.1, 0.15) is 145 Å². The molecule has 4 atom stereocenters. The van der Waals surface area contributed by atoms with E-state index in [1.54, 1.807) is 27.6 Å². The van der Waals surface area contributed by atoms with Gasteiger partial charge >= 0.3 is 6.03 Å². The number of nitrogens with zero attached hydrogens (tertiary/aromatic N) is 3. The molecule has 4 saturated heterocycles. The number of hydrogen-bond acceptors (Lipinski definition) is 6. The molecule has 3 N–H and O–H groups in total. The average Bonchev–Trinajstić information content (AvgIpc) is 3.86. The van der Waals surface area contributed by atoms with E-state index in [0.29, 0.717) is 29.8 Å². The van der Waals surface area contributed by atoms with Crippen LogP contribution in [0.2, 0.25) is 0 Å². The SMILES string of the molecule is NC(=O)N1CCC(c2cc(C(=O)N3CCCC4CCCCC43)cs2)CC1.O=C(c1csc(C2CCNCC2)c1)N1CCCC2CCCCC21. The second-order valence-corrected chi connectivity index (χ2v) is 17.5. The molecule has 6 aliphatic rings. The molecule has 0 aromatic carbocycles. The van der Waals surface area contributed by atoms with E-state index in [-0.39, 0.29) is 11.9 Å². The van der Waals surface area contributed by atoms with Gasteiger partial charge in [0, 0.05) is 58.8 Å². The zero-order chi connectivity index (χ0) is 33.7. The van der Waals surface area contributed by atoms with Crippen molar-refractivity contribution in [3.63, 3.8) is 0 Å². The molecule has 0 radical (unpaired) electrons. The minimum atomic E-state index is -0.322. The lowest BCUT2D eigenvalue weighted by molar-refractivity contribution is 0.0386. The highest BCUT2D eigenvalue weighted by molar-refractivity contribution is 7.10. The van der Waals surface area contributed by atoms with Gasteiger partial charge in [0.2, 0.25) is 0 Å². The predicted molar refractivity (Wildman–Crippen MR) is 199 cm³/mol. The highest BCUT2D eigenvalue weighted by Gasteiger charge is 2.38.